The number of Topliss-reactive ketones (excluding diaryl/α,β-unsaturated/α-hetero) is 1. The van der Waals surface area contributed by atoms with E-state index in [1.54, 1.807) is 24.3 Å². The first-order valence-corrected chi connectivity index (χ1v) is 7.52. The van der Waals surface area contributed by atoms with Gasteiger partial charge in [0.1, 0.15) is 5.82 Å². The molecule has 0 aliphatic heterocycles. The van der Waals surface area contributed by atoms with Crippen molar-refractivity contribution in [1.29, 1.82) is 0 Å². The van der Waals surface area contributed by atoms with Crippen molar-refractivity contribution in [3.8, 4) is 0 Å². The van der Waals surface area contributed by atoms with Gasteiger partial charge in [-0.15, -0.1) is 11.3 Å². The molecule has 2 heterocycles. The molecule has 0 unspecified atom stereocenters. The van der Waals surface area contributed by atoms with Gasteiger partial charge in [0, 0.05) is 12.8 Å². The number of thiophene rings is 1. The highest BCUT2D eigenvalue weighted by molar-refractivity contribution is 7.12. The second-order valence-electron chi connectivity index (χ2n) is 4.68. The van der Waals surface area contributed by atoms with Crippen LogP contribution in [0.2, 0.25) is 0 Å². The molecule has 2 N–H and O–H groups in total. The number of carbonyl (C=O) groups is 2. The summed E-state index contributed by atoms with van der Waals surface area (Å²) < 4.78 is 13.8. The Bertz CT molecular complexity index is 827. The molecule has 0 bridgehead atoms. The molecule has 3 aromatic rings. The number of nitrogens with one attached hydrogen (secondary N) is 2. The number of carbonyl (C=O) groups excluding carboxylic acids is 2. The van der Waals surface area contributed by atoms with Crippen LogP contribution in [0.3, 0.4) is 0 Å². The van der Waals surface area contributed by atoms with Gasteiger partial charge >= 0.3 is 0 Å². The van der Waals surface area contributed by atoms with Crippen LogP contribution >= 0.6 is 11.3 Å². The lowest BCUT2D eigenvalue weighted by molar-refractivity contribution is -0.116. The second-order valence-corrected chi connectivity index (χ2v) is 5.63. The number of halogens is 1. The van der Waals surface area contributed by atoms with Crippen LogP contribution in [-0.2, 0) is 4.79 Å². The quantitative estimate of drug-likeness (QED) is 0.709. The number of anilines is 1. The fraction of sp³-hybridized carbons (Fsp3) is 0.133. The van der Waals surface area contributed by atoms with Gasteiger partial charge in [0.05, 0.1) is 15.8 Å². The topological polar surface area (TPSA) is 74.8 Å². The largest absolute Gasteiger partial charge is 0.309 e. The van der Waals surface area contributed by atoms with E-state index < -0.39 is 5.82 Å². The van der Waals surface area contributed by atoms with E-state index in [-0.39, 0.29) is 35.7 Å². The number of amides is 1. The molecule has 1 aromatic carbocycles. The number of aromatic nitrogens is 2. The highest BCUT2D eigenvalue weighted by Crippen LogP contribution is 2.23. The second kappa shape index (κ2) is 6.07. The monoisotopic (exact) mass is 317 g/mol. The van der Waals surface area contributed by atoms with Crippen LogP contribution in [0.5, 0.6) is 0 Å². The van der Waals surface area contributed by atoms with Crippen LogP contribution in [0.1, 0.15) is 22.5 Å². The summed E-state index contributed by atoms with van der Waals surface area (Å²) >= 11 is 1.34. The highest BCUT2D eigenvalue weighted by Gasteiger charge is 2.14. The molecule has 0 atom stereocenters. The standard InChI is InChI=1S/C15H12FN3O2S/c16-9-3-1-4-10-14(9)15(19-18-10)17-13(21)7-6-11(20)12-5-2-8-22-12/h1-5,8H,6-7H2,(H2,17,18,19,21). The summed E-state index contributed by atoms with van der Waals surface area (Å²) in [5.74, 6) is -0.775. The van der Waals surface area contributed by atoms with Crippen molar-refractivity contribution >= 4 is 39.7 Å². The number of H-pyrrole nitrogens is 1. The van der Waals surface area contributed by atoms with Gasteiger partial charge < -0.3 is 5.32 Å². The van der Waals surface area contributed by atoms with Crippen molar-refractivity contribution in [2.45, 2.75) is 12.8 Å². The molecule has 0 saturated carbocycles. The maximum absolute atomic E-state index is 13.8. The van der Waals surface area contributed by atoms with E-state index in [4.69, 9.17) is 0 Å². The minimum absolute atomic E-state index is 0.0273. The Morgan fingerprint density at radius 1 is 1.23 bits per heavy atom. The molecule has 0 aliphatic rings. The molecule has 2 aromatic heterocycles. The van der Waals surface area contributed by atoms with E-state index in [9.17, 15) is 14.0 Å². The summed E-state index contributed by atoms with van der Waals surface area (Å²) in [6.07, 6.45) is 0.136. The summed E-state index contributed by atoms with van der Waals surface area (Å²) in [5.41, 5.74) is 0.505. The van der Waals surface area contributed by atoms with Crippen molar-refractivity contribution in [3.63, 3.8) is 0 Å². The van der Waals surface area contributed by atoms with Crippen LogP contribution in [-0.4, -0.2) is 21.9 Å². The normalized spacial score (nSPS) is 10.8. The number of nitrogens with zero attached hydrogens (tertiary/aromatic N) is 1. The third kappa shape index (κ3) is 2.89. The molecule has 0 spiro atoms. The van der Waals surface area contributed by atoms with Crippen molar-refractivity contribution in [2.24, 2.45) is 0 Å². The molecular formula is C15H12FN3O2S. The molecule has 5 nitrogen and oxygen atoms in total. The summed E-state index contributed by atoms with van der Waals surface area (Å²) in [4.78, 5) is 24.4. The summed E-state index contributed by atoms with van der Waals surface area (Å²) in [6.45, 7) is 0. The van der Waals surface area contributed by atoms with Crippen LogP contribution in [0.15, 0.2) is 35.7 Å². The Kier molecular flexibility index (Phi) is 3.97. The maximum atomic E-state index is 13.8. The number of aromatic amines is 1. The zero-order chi connectivity index (χ0) is 15.5. The number of rotatable bonds is 5. The van der Waals surface area contributed by atoms with E-state index >= 15 is 0 Å². The summed E-state index contributed by atoms with van der Waals surface area (Å²) in [6, 6.07) is 8.04. The van der Waals surface area contributed by atoms with Gasteiger partial charge in [0.25, 0.3) is 0 Å². The van der Waals surface area contributed by atoms with Crippen molar-refractivity contribution in [3.05, 3.63) is 46.4 Å². The molecule has 7 heteroatoms. The molecule has 0 aliphatic carbocycles. The van der Waals surface area contributed by atoms with E-state index in [2.05, 4.69) is 15.5 Å². The van der Waals surface area contributed by atoms with Gasteiger partial charge in [-0.05, 0) is 23.6 Å². The number of benzene rings is 1. The Morgan fingerprint density at radius 3 is 2.86 bits per heavy atom. The zero-order valence-corrected chi connectivity index (χ0v) is 12.2. The van der Waals surface area contributed by atoms with E-state index in [0.29, 0.717) is 10.4 Å². The fourth-order valence-electron chi connectivity index (χ4n) is 2.10. The average Bonchev–Trinajstić information content (AvgIpc) is 3.15. The van der Waals surface area contributed by atoms with Crippen LogP contribution in [0.4, 0.5) is 10.2 Å². The van der Waals surface area contributed by atoms with Gasteiger partial charge in [-0.25, -0.2) is 4.39 Å². The lowest BCUT2D eigenvalue weighted by atomic mass is 10.2. The first-order valence-electron chi connectivity index (χ1n) is 6.64. The summed E-state index contributed by atoms with van der Waals surface area (Å²) in [7, 11) is 0. The van der Waals surface area contributed by atoms with Gasteiger partial charge in [-0.2, -0.15) is 5.10 Å². The minimum atomic E-state index is -0.462. The van der Waals surface area contributed by atoms with Crippen LogP contribution in [0, 0.1) is 5.82 Å². The molecule has 1 amide bonds. The predicted molar refractivity (Wildman–Crippen MR) is 82.6 cm³/mol. The average molecular weight is 317 g/mol. The lowest BCUT2D eigenvalue weighted by Gasteiger charge is -2.02. The Balaban J connectivity index is 1.65. The van der Waals surface area contributed by atoms with Crippen LogP contribution in [0.25, 0.3) is 10.9 Å². The first-order chi connectivity index (χ1) is 10.6. The molecule has 112 valence electrons. The number of hydrogen-bond acceptors (Lipinski definition) is 4. The van der Waals surface area contributed by atoms with Gasteiger partial charge in [0.2, 0.25) is 5.91 Å². The highest BCUT2D eigenvalue weighted by atomic mass is 32.1. The molecule has 0 radical (unpaired) electrons. The van der Waals surface area contributed by atoms with Crippen molar-refractivity contribution in [1.82, 2.24) is 10.2 Å². The fourth-order valence-corrected chi connectivity index (χ4v) is 2.80. The molecular weight excluding hydrogens is 305 g/mol. The maximum Gasteiger partial charge on any atom is 0.226 e. The van der Waals surface area contributed by atoms with Crippen LogP contribution < -0.4 is 5.32 Å². The Labute approximate surface area is 129 Å². The minimum Gasteiger partial charge on any atom is -0.309 e. The smallest absolute Gasteiger partial charge is 0.226 e. The number of ketones is 1. The van der Waals surface area contributed by atoms with Crippen molar-refractivity contribution < 1.29 is 14.0 Å². The molecule has 0 saturated heterocycles. The number of fused-ring (bicyclic) bond motifs is 1. The lowest BCUT2D eigenvalue weighted by Crippen LogP contribution is -2.13. The van der Waals surface area contributed by atoms with Crippen molar-refractivity contribution in [2.75, 3.05) is 5.32 Å². The van der Waals surface area contributed by atoms with Gasteiger partial charge in [-0.3, -0.25) is 14.7 Å². The van der Waals surface area contributed by atoms with E-state index in [1.165, 1.54) is 17.4 Å². The first kappa shape index (κ1) is 14.4. The summed E-state index contributed by atoms with van der Waals surface area (Å²) in [5, 5.41) is 11.1. The molecule has 22 heavy (non-hydrogen) atoms. The number of hydrogen-bond donors (Lipinski definition) is 2. The van der Waals surface area contributed by atoms with Gasteiger partial charge in [-0.1, -0.05) is 12.1 Å². The predicted octanol–water partition coefficient (Wildman–Crippen LogP) is 3.37. The Morgan fingerprint density at radius 2 is 2.09 bits per heavy atom. The third-order valence-corrected chi connectivity index (χ3v) is 4.08. The Hall–Kier alpha value is -2.54. The molecule has 3 rings (SSSR count). The van der Waals surface area contributed by atoms with E-state index in [1.807, 2.05) is 5.38 Å². The van der Waals surface area contributed by atoms with Gasteiger partial charge in [0.15, 0.2) is 11.6 Å². The van der Waals surface area contributed by atoms with E-state index in [0.717, 1.165) is 0 Å². The molecule has 0 fully saturated rings. The zero-order valence-electron chi connectivity index (χ0n) is 11.4. The SMILES string of the molecule is O=C(CCC(=O)c1cccs1)Nc1n[nH]c2cccc(F)c12. The third-order valence-electron chi connectivity index (χ3n) is 3.17.